The summed E-state index contributed by atoms with van der Waals surface area (Å²) in [7, 11) is -0.966. The first-order valence-electron chi connectivity index (χ1n) is 2.67. The SMILES string of the molecule is C=CC[SiH](Cl)CC=C. The highest BCUT2D eigenvalue weighted by Gasteiger charge is 1.98. The summed E-state index contributed by atoms with van der Waals surface area (Å²) < 4.78 is 0. The molecule has 0 rings (SSSR count). The predicted octanol–water partition coefficient (Wildman–Crippen LogP) is 2.32. The Kier molecular flexibility index (Phi) is 5.12. The first kappa shape index (κ1) is 7.99. The van der Waals surface area contributed by atoms with Crippen LogP contribution in [0.15, 0.2) is 25.3 Å². The molecule has 0 aromatic carbocycles. The van der Waals surface area contributed by atoms with Crippen molar-refractivity contribution < 1.29 is 0 Å². The molecule has 46 valence electrons. The van der Waals surface area contributed by atoms with Crippen molar-refractivity contribution in [3.05, 3.63) is 25.3 Å². The molecule has 8 heavy (non-hydrogen) atoms. The summed E-state index contributed by atoms with van der Waals surface area (Å²) in [5, 5.41) is 0. The molecule has 0 bridgehead atoms. The van der Waals surface area contributed by atoms with Gasteiger partial charge in [-0.2, -0.15) is 11.1 Å². The average Bonchev–Trinajstić information content (AvgIpc) is 1.68. The molecule has 0 aliphatic carbocycles. The third-order valence-corrected chi connectivity index (χ3v) is 3.60. The zero-order chi connectivity index (χ0) is 6.41. The van der Waals surface area contributed by atoms with Gasteiger partial charge in [-0.3, -0.25) is 0 Å². The first-order valence-corrected chi connectivity index (χ1v) is 6.05. The standard InChI is InChI=1S/C6H11ClSi/c1-3-5-8(7)6-4-2/h3-4,8H,1-2,5-6H2. The highest BCUT2D eigenvalue weighted by atomic mass is 35.6. The van der Waals surface area contributed by atoms with Crippen molar-refractivity contribution in [3.63, 3.8) is 0 Å². The van der Waals surface area contributed by atoms with Gasteiger partial charge in [0.15, 0.2) is 0 Å². The van der Waals surface area contributed by atoms with Crippen LogP contribution in [0.1, 0.15) is 0 Å². The molecule has 0 spiro atoms. The van der Waals surface area contributed by atoms with Crippen molar-refractivity contribution in [2.75, 3.05) is 0 Å². The molecule has 0 aromatic heterocycles. The molecule has 0 N–H and O–H groups in total. The van der Waals surface area contributed by atoms with E-state index < -0.39 is 8.11 Å². The summed E-state index contributed by atoms with van der Waals surface area (Å²) in [6.45, 7) is 7.20. The van der Waals surface area contributed by atoms with E-state index >= 15 is 0 Å². The molecule has 0 radical (unpaired) electrons. The van der Waals surface area contributed by atoms with Crippen LogP contribution >= 0.6 is 11.1 Å². The van der Waals surface area contributed by atoms with E-state index in [0.29, 0.717) is 0 Å². The maximum Gasteiger partial charge on any atom is 0.148 e. The predicted molar refractivity (Wildman–Crippen MR) is 43.0 cm³/mol. The maximum absolute atomic E-state index is 5.88. The Morgan fingerprint density at radius 1 is 1.25 bits per heavy atom. The van der Waals surface area contributed by atoms with Gasteiger partial charge < -0.3 is 0 Å². The molecule has 0 nitrogen and oxygen atoms in total. The van der Waals surface area contributed by atoms with E-state index in [0.717, 1.165) is 12.1 Å². The molecule has 0 saturated heterocycles. The minimum atomic E-state index is -0.966. The zero-order valence-corrected chi connectivity index (χ0v) is 6.85. The Bertz CT molecular complexity index is 70.6. The third kappa shape index (κ3) is 4.15. The summed E-state index contributed by atoms with van der Waals surface area (Å²) in [6.07, 6.45) is 3.76. The summed E-state index contributed by atoms with van der Waals surface area (Å²) in [4.78, 5) is 0. The molecule has 0 saturated carbocycles. The Labute approximate surface area is 57.2 Å². The second kappa shape index (κ2) is 5.13. The van der Waals surface area contributed by atoms with E-state index in [9.17, 15) is 0 Å². The van der Waals surface area contributed by atoms with Gasteiger partial charge in [-0.15, -0.1) is 13.2 Å². The molecule has 0 atom stereocenters. The van der Waals surface area contributed by atoms with Crippen LogP contribution in [0.3, 0.4) is 0 Å². The molecule has 0 aliphatic heterocycles. The van der Waals surface area contributed by atoms with Crippen LogP contribution in [-0.4, -0.2) is 8.11 Å². The van der Waals surface area contributed by atoms with Crippen molar-refractivity contribution in [2.45, 2.75) is 12.1 Å². The zero-order valence-electron chi connectivity index (χ0n) is 4.94. The van der Waals surface area contributed by atoms with Crippen LogP contribution in [0.5, 0.6) is 0 Å². The number of hydrogen-bond donors (Lipinski definition) is 0. The van der Waals surface area contributed by atoms with Crippen molar-refractivity contribution in [1.82, 2.24) is 0 Å². The Morgan fingerprint density at radius 2 is 1.62 bits per heavy atom. The summed E-state index contributed by atoms with van der Waals surface area (Å²) in [5.74, 6) is 0. The van der Waals surface area contributed by atoms with Crippen molar-refractivity contribution >= 4 is 19.2 Å². The lowest BCUT2D eigenvalue weighted by molar-refractivity contribution is 1.59. The van der Waals surface area contributed by atoms with E-state index in [-0.39, 0.29) is 0 Å². The molecular weight excluding hydrogens is 136 g/mol. The quantitative estimate of drug-likeness (QED) is 0.325. The number of allylic oxidation sites excluding steroid dienone is 2. The van der Waals surface area contributed by atoms with Gasteiger partial charge in [0, 0.05) is 0 Å². The normalized spacial score (nSPS) is 9.25. The van der Waals surface area contributed by atoms with E-state index in [4.69, 9.17) is 11.1 Å². The summed E-state index contributed by atoms with van der Waals surface area (Å²) >= 11 is 5.88. The molecule has 0 amide bonds. The van der Waals surface area contributed by atoms with Crippen molar-refractivity contribution in [3.8, 4) is 0 Å². The lowest BCUT2D eigenvalue weighted by atomic mass is 10.7. The minimum Gasteiger partial charge on any atom is -0.171 e. The molecule has 2 heteroatoms. The lowest BCUT2D eigenvalue weighted by Gasteiger charge is -1.95. The van der Waals surface area contributed by atoms with Gasteiger partial charge in [-0.1, -0.05) is 12.2 Å². The number of halogens is 1. The second-order valence-electron chi connectivity index (χ2n) is 1.65. The second-order valence-corrected chi connectivity index (χ2v) is 5.64. The van der Waals surface area contributed by atoms with Gasteiger partial charge in [-0.05, 0) is 12.1 Å². The molecule has 0 heterocycles. The molecule has 0 fully saturated rings. The van der Waals surface area contributed by atoms with Gasteiger partial charge in [0.25, 0.3) is 0 Å². The van der Waals surface area contributed by atoms with Crippen LogP contribution in [0.4, 0.5) is 0 Å². The fourth-order valence-corrected chi connectivity index (χ4v) is 2.13. The van der Waals surface area contributed by atoms with E-state index in [2.05, 4.69) is 13.2 Å². The Morgan fingerprint density at radius 3 is 1.88 bits per heavy atom. The van der Waals surface area contributed by atoms with E-state index in [1.807, 2.05) is 12.2 Å². The van der Waals surface area contributed by atoms with Crippen LogP contribution in [0.25, 0.3) is 0 Å². The Balaban J connectivity index is 3.16. The van der Waals surface area contributed by atoms with Gasteiger partial charge in [0.05, 0.1) is 0 Å². The topological polar surface area (TPSA) is 0 Å². The Hall–Kier alpha value is -0.0131. The van der Waals surface area contributed by atoms with Crippen LogP contribution in [0.2, 0.25) is 12.1 Å². The maximum atomic E-state index is 5.88. The summed E-state index contributed by atoms with van der Waals surface area (Å²) in [6, 6.07) is 2.02. The van der Waals surface area contributed by atoms with Gasteiger partial charge in [-0.25, -0.2) is 0 Å². The average molecular weight is 147 g/mol. The fraction of sp³-hybridized carbons (Fsp3) is 0.333. The van der Waals surface area contributed by atoms with Gasteiger partial charge in [0.1, 0.15) is 8.11 Å². The van der Waals surface area contributed by atoms with Crippen LogP contribution in [-0.2, 0) is 0 Å². The summed E-state index contributed by atoms with van der Waals surface area (Å²) in [5.41, 5.74) is 0. The highest BCUT2D eigenvalue weighted by Crippen LogP contribution is 2.04. The first-order chi connectivity index (χ1) is 3.81. The number of hydrogen-bond acceptors (Lipinski definition) is 0. The van der Waals surface area contributed by atoms with Crippen LogP contribution < -0.4 is 0 Å². The smallest absolute Gasteiger partial charge is 0.148 e. The highest BCUT2D eigenvalue weighted by molar-refractivity contribution is 7.07. The molecule has 0 aromatic rings. The minimum absolute atomic E-state index is 0.966. The van der Waals surface area contributed by atoms with Crippen molar-refractivity contribution in [1.29, 1.82) is 0 Å². The monoisotopic (exact) mass is 146 g/mol. The fourth-order valence-electron chi connectivity index (χ4n) is 0.458. The van der Waals surface area contributed by atoms with E-state index in [1.54, 1.807) is 0 Å². The van der Waals surface area contributed by atoms with Gasteiger partial charge in [0.2, 0.25) is 0 Å². The van der Waals surface area contributed by atoms with E-state index in [1.165, 1.54) is 0 Å². The number of rotatable bonds is 4. The molecular formula is C6H11ClSi. The molecule has 0 aliphatic rings. The molecule has 0 unspecified atom stereocenters. The third-order valence-electron chi connectivity index (χ3n) is 0.845. The van der Waals surface area contributed by atoms with Crippen LogP contribution in [0, 0.1) is 0 Å². The largest absolute Gasteiger partial charge is 0.171 e. The van der Waals surface area contributed by atoms with Gasteiger partial charge >= 0.3 is 0 Å². The lowest BCUT2D eigenvalue weighted by Crippen LogP contribution is -1.97. The van der Waals surface area contributed by atoms with Crippen molar-refractivity contribution in [2.24, 2.45) is 0 Å².